The van der Waals surface area contributed by atoms with Crippen LogP contribution < -0.4 is 0 Å². The summed E-state index contributed by atoms with van der Waals surface area (Å²) in [5.74, 6) is 2.56. The molecule has 4 heteroatoms. The third-order valence-corrected chi connectivity index (χ3v) is 3.55. The Hall–Kier alpha value is -1.09. The number of halogens is 1. The fraction of sp³-hybridized carbons (Fsp3) is 0.538. The minimum atomic E-state index is 0.432. The molecular formula is C13H18ClN3. The van der Waals surface area contributed by atoms with Gasteiger partial charge in [0.25, 0.3) is 0 Å². The lowest BCUT2D eigenvalue weighted by Crippen LogP contribution is -2.15. The van der Waals surface area contributed by atoms with E-state index in [9.17, 15) is 0 Å². The highest BCUT2D eigenvalue weighted by molar-refractivity contribution is 6.16. The number of rotatable bonds is 4. The molecule has 2 aromatic rings. The van der Waals surface area contributed by atoms with Crippen LogP contribution in [0.4, 0.5) is 0 Å². The van der Waals surface area contributed by atoms with E-state index in [0.717, 1.165) is 23.5 Å². The summed E-state index contributed by atoms with van der Waals surface area (Å²) in [4.78, 5) is 8.92. The first-order chi connectivity index (χ1) is 8.13. The van der Waals surface area contributed by atoms with Gasteiger partial charge >= 0.3 is 0 Å². The van der Waals surface area contributed by atoms with Gasteiger partial charge in [-0.15, -0.1) is 11.6 Å². The molecule has 0 amide bonds. The van der Waals surface area contributed by atoms with Crippen LogP contribution in [0.3, 0.4) is 0 Å². The molecule has 0 radical (unpaired) electrons. The van der Waals surface area contributed by atoms with Crippen LogP contribution in [0, 0.1) is 11.8 Å². The molecular weight excluding hydrogens is 234 g/mol. The lowest BCUT2D eigenvalue weighted by molar-refractivity contribution is 0.365. The Kier molecular flexibility index (Phi) is 3.67. The van der Waals surface area contributed by atoms with Gasteiger partial charge in [-0.1, -0.05) is 20.8 Å². The molecule has 0 N–H and O–H groups in total. The molecule has 0 aromatic carbocycles. The summed E-state index contributed by atoms with van der Waals surface area (Å²) >= 11 is 5.96. The average molecular weight is 252 g/mol. The van der Waals surface area contributed by atoms with E-state index in [1.54, 1.807) is 6.20 Å². The highest BCUT2D eigenvalue weighted by Crippen LogP contribution is 2.20. The van der Waals surface area contributed by atoms with Crippen molar-refractivity contribution in [2.75, 3.05) is 0 Å². The van der Waals surface area contributed by atoms with Crippen molar-refractivity contribution in [2.24, 2.45) is 11.8 Å². The van der Waals surface area contributed by atoms with Crippen molar-refractivity contribution in [1.29, 1.82) is 0 Å². The second-order valence-electron chi connectivity index (χ2n) is 4.84. The van der Waals surface area contributed by atoms with Gasteiger partial charge in [0, 0.05) is 12.7 Å². The van der Waals surface area contributed by atoms with Crippen LogP contribution in [0.2, 0.25) is 0 Å². The van der Waals surface area contributed by atoms with Crippen molar-refractivity contribution in [2.45, 2.75) is 33.2 Å². The minimum Gasteiger partial charge on any atom is -0.311 e. The zero-order chi connectivity index (χ0) is 12.4. The van der Waals surface area contributed by atoms with Crippen LogP contribution in [-0.2, 0) is 12.4 Å². The van der Waals surface area contributed by atoms with E-state index < -0.39 is 0 Å². The zero-order valence-corrected chi connectivity index (χ0v) is 11.3. The van der Waals surface area contributed by atoms with Gasteiger partial charge < -0.3 is 4.57 Å². The van der Waals surface area contributed by atoms with Crippen molar-refractivity contribution in [3.8, 4) is 0 Å². The Balaban J connectivity index is 2.43. The molecule has 2 heterocycles. The number of imidazole rings is 1. The van der Waals surface area contributed by atoms with E-state index in [4.69, 9.17) is 11.6 Å². The number of hydrogen-bond donors (Lipinski definition) is 0. The third-order valence-electron chi connectivity index (χ3n) is 3.31. The molecule has 0 aliphatic heterocycles. The number of alkyl halides is 1. The molecule has 1 atom stereocenters. The van der Waals surface area contributed by atoms with Crippen LogP contribution in [0.15, 0.2) is 18.3 Å². The molecule has 0 spiro atoms. The lowest BCUT2D eigenvalue weighted by atomic mass is 9.98. The Morgan fingerprint density at radius 3 is 2.76 bits per heavy atom. The van der Waals surface area contributed by atoms with Gasteiger partial charge in [-0.05, 0) is 24.0 Å². The fourth-order valence-electron chi connectivity index (χ4n) is 1.80. The maximum absolute atomic E-state index is 5.96. The number of nitrogens with zero attached hydrogens (tertiary/aromatic N) is 3. The van der Waals surface area contributed by atoms with E-state index in [1.807, 2.05) is 12.1 Å². The molecule has 2 aromatic heterocycles. The molecule has 92 valence electrons. The van der Waals surface area contributed by atoms with Gasteiger partial charge in [-0.3, -0.25) is 0 Å². The Morgan fingerprint density at radius 1 is 1.35 bits per heavy atom. The maximum atomic E-state index is 5.96. The Bertz CT molecular complexity index is 504. The molecule has 2 rings (SSSR count). The topological polar surface area (TPSA) is 30.7 Å². The van der Waals surface area contributed by atoms with E-state index >= 15 is 0 Å². The van der Waals surface area contributed by atoms with Gasteiger partial charge in [-0.2, -0.15) is 0 Å². The summed E-state index contributed by atoms with van der Waals surface area (Å²) in [5, 5.41) is 0. The summed E-state index contributed by atoms with van der Waals surface area (Å²) in [6.07, 6.45) is 1.80. The monoisotopic (exact) mass is 251 g/mol. The van der Waals surface area contributed by atoms with Crippen LogP contribution >= 0.6 is 11.6 Å². The molecule has 0 saturated carbocycles. The van der Waals surface area contributed by atoms with Crippen LogP contribution in [0.25, 0.3) is 11.2 Å². The van der Waals surface area contributed by atoms with E-state index in [2.05, 4.69) is 35.3 Å². The van der Waals surface area contributed by atoms with Gasteiger partial charge in [0.1, 0.15) is 11.3 Å². The van der Waals surface area contributed by atoms with Crippen LogP contribution in [0.1, 0.15) is 26.6 Å². The van der Waals surface area contributed by atoms with Gasteiger partial charge in [-0.25, -0.2) is 9.97 Å². The van der Waals surface area contributed by atoms with E-state index in [0.29, 0.717) is 17.7 Å². The van der Waals surface area contributed by atoms with Crippen molar-refractivity contribution in [3.63, 3.8) is 0 Å². The normalized spacial score (nSPS) is 13.5. The first-order valence-corrected chi connectivity index (χ1v) is 6.53. The molecule has 17 heavy (non-hydrogen) atoms. The number of aromatic nitrogens is 3. The van der Waals surface area contributed by atoms with Crippen LogP contribution in [0.5, 0.6) is 0 Å². The molecule has 0 fully saturated rings. The number of hydrogen-bond acceptors (Lipinski definition) is 2. The van der Waals surface area contributed by atoms with Crippen molar-refractivity contribution in [1.82, 2.24) is 14.5 Å². The molecule has 0 bridgehead atoms. The maximum Gasteiger partial charge on any atom is 0.160 e. The van der Waals surface area contributed by atoms with Crippen LogP contribution in [-0.4, -0.2) is 14.5 Å². The van der Waals surface area contributed by atoms with E-state index in [-0.39, 0.29) is 0 Å². The summed E-state index contributed by atoms with van der Waals surface area (Å²) in [6.45, 7) is 7.64. The highest BCUT2D eigenvalue weighted by Gasteiger charge is 2.15. The number of pyridine rings is 1. The van der Waals surface area contributed by atoms with Crippen molar-refractivity contribution < 1.29 is 0 Å². The quantitative estimate of drug-likeness (QED) is 0.779. The SMILES string of the molecule is CC(C)C(C)Cn1c(CCl)nc2cccnc21. The molecule has 3 nitrogen and oxygen atoms in total. The predicted molar refractivity (Wildman–Crippen MR) is 71.1 cm³/mol. The first-order valence-electron chi connectivity index (χ1n) is 5.99. The zero-order valence-electron chi connectivity index (χ0n) is 10.5. The lowest BCUT2D eigenvalue weighted by Gasteiger charge is -2.17. The smallest absolute Gasteiger partial charge is 0.160 e. The van der Waals surface area contributed by atoms with Gasteiger partial charge in [0.15, 0.2) is 5.65 Å². The third kappa shape index (κ3) is 2.44. The Morgan fingerprint density at radius 2 is 2.12 bits per heavy atom. The minimum absolute atomic E-state index is 0.432. The van der Waals surface area contributed by atoms with Gasteiger partial charge in [0.2, 0.25) is 0 Å². The van der Waals surface area contributed by atoms with Gasteiger partial charge in [0.05, 0.1) is 5.88 Å². The summed E-state index contributed by atoms with van der Waals surface area (Å²) < 4.78 is 2.15. The van der Waals surface area contributed by atoms with Crippen molar-refractivity contribution in [3.05, 3.63) is 24.2 Å². The Labute approximate surface area is 107 Å². The first kappa shape index (κ1) is 12.4. The molecule has 0 aliphatic rings. The highest BCUT2D eigenvalue weighted by atomic mass is 35.5. The average Bonchev–Trinajstić information content (AvgIpc) is 2.67. The molecule has 0 saturated heterocycles. The second kappa shape index (κ2) is 5.05. The summed E-state index contributed by atoms with van der Waals surface area (Å²) in [7, 11) is 0. The summed E-state index contributed by atoms with van der Waals surface area (Å²) in [5.41, 5.74) is 1.87. The molecule has 0 aliphatic carbocycles. The second-order valence-corrected chi connectivity index (χ2v) is 5.11. The van der Waals surface area contributed by atoms with Crippen molar-refractivity contribution >= 4 is 22.8 Å². The molecule has 1 unspecified atom stereocenters. The van der Waals surface area contributed by atoms with E-state index in [1.165, 1.54) is 0 Å². The predicted octanol–water partition coefficient (Wildman–Crippen LogP) is 3.46. The number of fused-ring (bicyclic) bond motifs is 1. The largest absolute Gasteiger partial charge is 0.311 e. The standard InChI is InChI=1S/C13H18ClN3/c1-9(2)10(3)8-17-12(7-14)16-11-5-4-6-15-13(11)17/h4-6,9-10H,7-8H2,1-3H3. The summed E-state index contributed by atoms with van der Waals surface area (Å²) in [6, 6.07) is 3.89. The fourth-order valence-corrected chi connectivity index (χ4v) is 2.00.